The number of aryl methyl sites for hydroxylation is 1. The summed E-state index contributed by atoms with van der Waals surface area (Å²) in [6.07, 6.45) is 2.10. The maximum atomic E-state index is 10.6. The van der Waals surface area contributed by atoms with Gasteiger partial charge in [-0.15, -0.1) is 0 Å². The van der Waals surface area contributed by atoms with Crippen LogP contribution in [0.5, 0.6) is 0 Å². The third kappa shape index (κ3) is 1.54. The number of hydrogen-bond acceptors (Lipinski definition) is 3. The number of aromatic nitrogens is 3. The van der Waals surface area contributed by atoms with E-state index in [1.165, 1.54) is 6.33 Å². The molecule has 0 saturated carbocycles. The Morgan fingerprint density at radius 2 is 2.00 bits per heavy atom. The van der Waals surface area contributed by atoms with E-state index in [4.69, 9.17) is 0 Å². The van der Waals surface area contributed by atoms with Gasteiger partial charge >= 0.3 is 0 Å². The highest BCUT2D eigenvalue weighted by Gasteiger charge is 2.43. The SMILES string of the molecule is CCC(O)(c1ncnn1C)C(C)(C)C. The van der Waals surface area contributed by atoms with Gasteiger partial charge in [0, 0.05) is 7.05 Å². The van der Waals surface area contributed by atoms with E-state index in [1.807, 2.05) is 27.7 Å². The van der Waals surface area contributed by atoms with Gasteiger partial charge in [-0.2, -0.15) is 5.10 Å². The van der Waals surface area contributed by atoms with Crippen molar-refractivity contribution in [3.8, 4) is 0 Å². The van der Waals surface area contributed by atoms with Gasteiger partial charge in [0.1, 0.15) is 11.9 Å². The largest absolute Gasteiger partial charge is 0.381 e. The Morgan fingerprint density at radius 1 is 1.43 bits per heavy atom. The Hall–Kier alpha value is -0.900. The lowest BCUT2D eigenvalue weighted by Gasteiger charge is -2.38. The zero-order valence-electron chi connectivity index (χ0n) is 9.57. The van der Waals surface area contributed by atoms with E-state index >= 15 is 0 Å². The molecule has 0 saturated heterocycles. The van der Waals surface area contributed by atoms with Crippen molar-refractivity contribution in [2.45, 2.75) is 39.7 Å². The zero-order valence-corrected chi connectivity index (χ0v) is 9.57. The predicted octanol–water partition coefficient (Wildman–Crippen LogP) is 1.46. The van der Waals surface area contributed by atoms with E-state index in [0.29, 0.717) is 12.2 Å². The third-order valence-corrected chi connectivity index (χ3v) is 2.83. The van der Waals surface area contributed by atoms with Crippen LogP contribution >= 0.6 is 0 Å². The Kier molecular flexibility index (Phi) is 2.67. The molecule has 14 heavy (non-hydrogen) atoms. The molecule has 4 nitrogen and oxygen atoms in total. The number of nitrogens with zero attached hydrogens (tertiary/aromatic N) is 3. The van der Waals surface area contributed by atoms with E-state index in [9.17, 15) is 5.11 Å². The van der Waals surface area contributed by atoms with Gasteiger partial charge in [-0.1, -0.05) is 27.7 Å². The van der Waals surface area contributed by atoms with Crippen molar-refractivity contribution >= 4 is 0 Å². The summed E-state index contributed by atoms with van der Waals surface area (Å²) in [6.45, 7) is 7.97. The van der Waals surface area contributed by atoms with E-state index in [1.54, 1.807) is 11.7 Å². The molecule has 0 radical (unpaired) electrons. The van der Waals surface area contributed by atoms with Crippen molar-refractivity contribution in [2.24, 2.45) is 12.5 Å². The van der Waals surface area contributed by atoms with E-state index < -0.39 is 5.60 Å². The maximum absolute atomic E-state index is 10.6. The maximum Gasteiger partial charge on any atom is 0.159 e. The number of hydrogen-bond donors (Lipinski definition) is 1. The highest BCUT2D eigenvalue weighted by Crippen LogP contribution is 2.40. The molecule has 0 fully saturated rings. The second-order valence-corrected chi connectivity index (χ2v) is 4.67. The molecule has 1 rings (SSSR count). The van der Waals surface area contributed by atoms with Gasteiger partial charge in [0.15, 0.2) is 5.82 Å². The Bertz CT molecular complexity index is 313. The van der Waals surface area contributed by atoms with Crippen molar-refractivity contribution in [3.63, 3.8) is 0 Å². The van der Waals surface area contributed by atoms with Crippen LogP contribution in [0.3, 0.4) is 0 Å². The quantitative estimate of drug-likeness (QED) is 0.781. The average molecular weight is 197 g/mol. The molecular formula is C10H19N3O. The molecule has 80 valence electrons. The van der Waals surface area contributed by atoms with Crippen LogP contribution in [0.25, 0.3) is 0 Å². The predicted molar refractivity (Wildman–Crippen MR) is 54.6 cm³/mol. The molecule has 0 amide bonds. The molecule has 0 aromatic carbocycles. The Labute approximate surface area is 85.0 Å². The normalized spacial score (nSPS) is 16.7. The molecule has 1 aromatic heterocycles. The first kappa shape index (κ1) is 11.2. The molecule has 0 aliphatic carbocycles. The Balaban J connectivity index is 3.22. The molecular weight excluding hydrogens is 178 g/mol. The summed E-state index contributed by atoms with van der Waals surface area (Å²) >= 11 is 0. The average Bonchev–Trinajstić information content (AvgIpc) is 2.48. The van der Waals surface area contributed by atoms with E-state index in [-0.39, 0.29) is 5.41 Å². The molecule has 1 aromatic rings. The summed E-state index contributed by atoms with van der Waals surface area (Å²) in [5, 5.41) is 14.6. The first-order chi connectivity index (χ1) is 6.33. The fourth-order valence-electron chi connectivity index (χ4n) is 1.69. The highest BCUT2D eigenvalue weighted by atomic mass is 16.3. The van der Waals surface area contributed by atoms with Crippen LogP contribution in [0.2, 0.25) is 0 Å². The third-order valence-electron chi connectivity index (χ3n) is 2.83. The van der Waals surface area contributed by atoms with Gasteiger partial charge in [-0.05, 0) is 11.8 Å². The second-order valence-electron chi connectivity index (χ2n) is 4.67. The van der Waals surface area contributed by atoms with Crippen LogP contribution in [0.15, 0.2) is 6.33 Å². The minimum atomic E-state index is -0.918. The van der Waals surface area contributed by atoms with Gasteiger partial charge in [0.05, 0.1) is 0 Å². The molecule has 1 atom stereocenters. The van der Waals surface area contributed by atoms with Gasteiger partial charge in [0.2, 0.25) is 0 Å². The summed E-state index contributed by atoms with van der Waals surface area (Å²) in [5.41, 5.74) is -1.17. The van der Waals surface area contributed by atoms with Crippen LogP contribution in [-0.2, 0) is 12.6 Å². The molecule has 1 heterocycles. The molecule has 0 bridgehead atoms. The van der Waals surface area contributed by atoms with Crippen molar-refractivity contribution in [1.29, 1.82) is 0 Å². The lowest BCUT2D eigenvalue weighted by atomic mass is 9.74. The minimum absolute atomic E-state index is 0.247. The molecule has 0 spiro atoms. The van der Waals surface area contributed by atoms with Crippen molar-refractivity contribution < 1.29 is 5.11 Å². The van der Waals surface area contributed by atoms with E-state index in [0.717, 1.165) is 0 Å². The Morgan fingerprint density at radius 3 is 2.29 bits per heavy atom. The van der Waals surface area contributed by atoms with Gasteiger partial charge in [-0.3, -0.25) is 4.68 Å². The number of aliphatic hydroxyl groups is 1. The fraction of sp³-hybridized carbons (Fsp3) is 0.800. The molecule has 4 heteroatoms. The smallest absolute Gasteiger partial charge is 0.159 e. The first-order valence-electron chi connectivity index (χ1n) is 4.90. The van der Waals surface area contributed by atoms with Crippen molar-refractivity contribution in [3.05, 3.63) is 12.2 Å². The minimum Gasteiger partial charge on any atom is -0.381 e. The van der Waals surface area contributed by atoms with Crippen LogP contribution < -0.4 is 0 Å². The standard InChI is InChI=1S/C10H19N3O/c1-6-10(14,9(2,3)4)8-11-7-12-13(8)5/h7,14H,6H2,1-5H3. The summed E-state index contributed by atoms with van der Waals surface area (Å²) in [4.78, 5) is 4.13. The summed E-state index contributed by atoms with van der Waals surface area (Å²) < 4.78 is 1.63. The summed E-state index contributed by atoms with van der Waals surface area (Å²) in [5.74, 6) is 0.632. The molecule has 1 N–H and O–H groups in total. The fourth-order valence-corrected chi connectivity index (χ4v) is 1.69. The second kappa shape index (κ2) is 3.35. The summed E-state index contributed by atoms with van der Waals surface area (Å²) in [6, 6.07) is 0. The van der Waals surface area contributed by atoms with Gasteiger partial charge < -0.3 is 5.11 Å². The van der Waals surface area contributed by atoms with Crippen LogP contribution in [0.4, 0.5) is 0 Å². The van der Waals surface area contributed by atoms with Crippen LogP contribution in [0, 0.1) is 5.41 Å². The molecule has 0 aliphatic heterocycles. The zero-order chi connectivity index (χ0) is 11.0. The van der Waals surface area contributed by atoms with Crippen molar-refractivity contribution in [1.82, 2.24) is 14.8 Å². The van der Waals surface area contributed by atoms with E-state index in [2.05, 4.69) is 10.1 Å². The van der Waals surface area contributed by atoms with Crippen LogP contribution in [-0.4, -0.2) is 19.9 Å². The molecule has 1 unspecified atom stereocenters. The summed E-state index contributed by atoms with van der Waals surface area (Å²) in [7, 11) is 1.80. The lowest BCUT2D eigenvalue weighted by Crippen LogP contribution is -2.41. The number of rotatable bonds is 2. The monoisotopic (exact) mass is 197 g/mol. The van der Waals surface area contributed by atoms with Gasteiger partial charge in [0.25, 0.3) is 0 Å². The van der Waals surface area contributed by atoms with Crippen molar-refractivity contribution in [2.75, 3.05) is 0 Å². The topological polar surface area (TPSA) is 50.9 Å². The lowest BCUT2D eigenvalue weighted by molar-refractivity contribution is -0.0772. The van der Waals surface area contributed by atoms with Gasteiger partial charge in [-0.25, -0.2) is 4.98 Å². The van der Waals surface area contributed by atoms with Crippen LogP contribution in [0.1, 0.15) is 39.9 Å². The highest BCUT2D eigenvalue weighted by molar-refractivity contribution is 5.06. The first-order valence-corrected chi connectivity index (χ1v) is 4.90. The molecule has 0 aliphatic rings.